The van der Waals surface area contributed by atoms with E-state index in [2.05, 4.69) is 11.8 Å². The number of aryl methyl sites for hydroxylation is 1. The number of benzene rings is 3. The van der Waals surface area contributed by atoms with Crippen molar-refractivity contribution in [2.75, 3.05) is 6.61 Å². The Hall–Kier alpha value is -3.19. The van der Waals surface area contributed by atoms with Crippen LogP contribution in [0.2, 0.25) is 0 Å². The fourth-order valence-electron chi connectivity index (χ4n) is 2.80. The van der Waals surface area contributed by atoms with Crippen LogP contribution in [0.1, 0.15) is 30.5 Å². The van der Waals surface area contributed by atoms with Crippen molar-refractivity contribution in [2.24, 2.45) is 0 Å². The van der Waals surface area contributed by atoms with Gasteiger partial charge in [0, 0.05) is 5.56 Å². The highest BCUT2D eigenvalue weighted by Crippen LogP contribution is 2.26. The van der Waals surface area contributed by atoms with Crippen molar-refractivity contribution in [3.8, 4) is 28.7 Å². The van der Waals surface area contributed by atoms with E-state index < -0.39 is 17.5 Å². The summed E-state index contributed by atoms with van der Waals surface area (Å²) in [4.78, 5) is 0. The Morgan fingerprint density at radius 2 is 1.50 bits per heavy atom. The summed E-state index contributed by atoms with van der Waals surface area (Å²) in [6.07, 6.45) is 0.421. The molecule has 0 atom stereocenters. The van der Waals surface area contributed by atoms with Crippen LogP contribution in [-0.4, -0.2) is 6.61 Å². The Kier molecular flexibility index (Phi) is 6.06. The minimum Gasteiger partial charge on any atom is -0.491 e. The molecule has 142 valence electrons. The van der Waals surface area contributed by atoms with Crippen LogP contribution in [0.3, 0.4) is 0 Å². The van der Waals surface area contributed by atoms with Gasteiger partial charge in [0.1, 0.15) is 0 Å². The molecule has 0 heterocycles. The van der Waals surface area contributed by atoms with Gasteiger partial charge >= 0.3 is 0 Å². The molecule has 0 spiro atoms. The molecule has 0 aliphatic carbocycles. The Balaban J connectivity index is 1.82. The largest absolute Gasteiger partial charge is 0.491 e. The average Bonchev–Trinajstić information content (AvgIpc) is 2.71. The predicted octanol–water partition coefficient (Wildman–Crippen LogP) is 6.13. The van der Waals surface area contributed by atoms with Crippen molar-refractivity contribution in [3.05, 3.63) is 88.7 Å². The maximum absolute atomic E-state index is 14.0. The van der Waals surface area contributed by atoms with Crippen molar-refractivity contribution in [1.82, 2.24) is 0 Å². The van der Waals surface area contributed by atoms with Gasteiger partial charge in [0.15, 0.2) is 23.2 Å². The molecule has 0 saturated heterocycles. The monoisotopic (exact) mass is 380 g/mol. The van der Waals surface area contributed by atoms with E-state index >= 15 is 0 Å². The summed E-state index contributed by atoms with van der Waals surface area (Å²) in [6, 6.07) is 14.9. The summed E-state index contributed by atoms with van der Waals surface area (Å²) < 4.78 is 47.1. The SMILES string of the molecule is CCOc1ccc(-c2ccc(C#Cc3ccc(CC)c(F)c3F)cc2)cc1F. The molecule has 0 amide bonds. The summed E-state index contributed by atoms with van der Waals surface area (Å²) in [5, 5.41) is 0. The van der Waals surface area contributed by atoms with Gasteiger partial charge in [0.25, 0.3) is 0 Å². The van der Waals surface area contributed by atoms with Gasteiger partial charge in [0.05, 0.1) is 12.2 Å². The Morgan fingerprint density at radius 1 is 0.786 bits per heavy atom. The Bertz CT molecular complexity index is 1040. The third-order valence-corrected chi connectivity index (χ3v) is 4.33. The third-order valence-electron chi connectivity index (χ3n) is 4.33. The van der Waals surface area contributed by atoms with Crippen molar-refractivity contribution in [1.29, 1.82) is 0 Å². The number of rotatable bonds is 4. The molecular formula is C24H19F3O. The minimum absolute atomic E-state index is 0.0207. The van der Waals surface area contributed by atoms with Crippen LogP contribution in [0.5, 0.6) is 5.75 Å². The van der Waals surface area contributed by atoms with Crippen LogP contribution in [0, 0.1) is 29.3 Å². The van der Waals surface area contributed by atoms with Gasteiger partial charge in [0.2, 0.25) is 0 Å². The van der Waals surface area contributed by atoms with E-state index in [1.165, 1.54) is 12.1 Å². The van der Waals surface area contributed by atoms with Crippen LogP contribution in [0.4, 0.5) is 13.2 Å². The van der Waals surface area contributed by atoms with E-state index in [9.17, 15) is 13.2 Å². The minimum atomic E-state index is -0.923. The van der Waals surface area contributed by atoms with E-state index in [1.807, 2.05) is 0 Å². The molecule has 28 heavy (non-hydrogen) atoms. The van der Waals surface area contributed by atoms with Crippen LogP contribution in [0.25, 0.3) is 11.1 Å². The van der Waals surface area contributed by atoms with Gasteiger partial charge in [-0.05, 0) is 60.4 Å². The number of halogens is 3. The molecule has 3 aromatic carbocycles. The molecule has 0 bridgehead atoms. The molecule has 0 N–H and O–H groups in total. The van der Waals surface area contributed by atoms with Crippen molar-refractivity contribution in [3.63, 3.8) is 0 Å². The van der Waals surface area contributed by atoms with Gasteiger partial charge in [-0.25, -0.2) is 13.2 Å². The zero-order chi connectivity index (χ0) is 20.1. The molecule has 0 fully saturated rings. The maximum Gasteiger partial charge on any atom is 0.174 e. The van der Waals surface area contributed by atoms with E-state index in [0.29, 0.717) is 29.7 Å². The van der Waals surface area contributed by atoms with Gasteiger partial charge in [-0.15, -0.1) is 0 Å². The first-order valence-electron chi connectivity index (χ1n) is 9.05. The quantitative estimate of drug-likeness (QED) is 0.495. The Labute approximate surface area is 162 Å². The van der Waals surface area contributed by atoms with Crippen molar-refractivity contribution >= 4 is 0 Å². The van der Waals surface area contributed by atoms with Gasteiger partial charge < -0.3 is 4.74 Å². The lowest BCUT2D eigenvalue weighted by molar-refractivity contribution is 0.321. The van der Waals surface area contributed by atoms with Crippen LogP contribution >= 0.6 is 0 Å². The zero-order valence-corrected chi connectivity index (χ0v) is 15.7. The normalized spacial score (nSPS) is 10.3. The molecule has 0 aliphatic heterocycles. The summed E-state index contributed by atoms with van der Waals surface area (Å²) in [5.41, 5.74) is 2.53. The van der Waals surface area contributed by atoms with Crippen LogP contribution in [-0.2, 0) is 6.42 Å². The lowest BCUT2D eigenvalue weighted by Crippen LogP contribution is -1.96. The topological polar surface area (TPSA) is 9.23 Å². The van der Waals surface area contributed by atoms with E-state index in [1.54, 1.807) is 56.3 Å². The molecule has 3 aromatic rings. The predicted molar refractivity (Wildman–Crippen MR) is 105 cm³/mol. The lowest BCUT2D eigenvalue weighted by atomic mass is 10.0. The smallest absolute Gasteiger partial charge is 0.174 e. The fourth-order valence-corrected chi connectivity index (χ4v) is 2.80. The first kappa shape index (κ1) is 19.6. The highest BCUT2D eigenvalue weighted by atomic mass is 19.2. The molecule has 0 unspecified atom stereocenters. The summed E-state index contributed by atoms with van der Waals surface area (Å²) >= 11 is 0. The van der Waals surface area contributed by atoms with Gasteiger partial charge in [-0.2, -0.15) is 0 Å². The summed E-state index contributed by atoms with van der Waals surface area (Å²) in [5.74, 6) is 3.53. The molecule has 4 heteroatoms. The second-order valence-electron chi connectivity index (χ2n) is 6.16. The Morgan fingerprint density at radius 3 is 2.14 bits per heavy atom. The third kappa shape index (κ3) is 4.20. The molecule has 1 nitrogen and oxygen atoms in total. The highest BCUT2D eigenvalue weighted by molar-refractivity contribution is 5.65. The zero-order valence-electron chi connectivity index (χ0n) is 15.7. The summed E-state index contributed by atoms with van der Waals surface area (Å²) in [6.45, 7) is 3.96. The first-order valence-corrected chi connectivity index (χ1v) is 9.05. The lowest BCUT2D eigenvalue weighted by Gasteiger charge is -2.07. The average molecular weight is 380 g/mol. The fraction of sp³-hybridized carbons (Fsp3) is 0.167. The maximum atomic E-state index is 14.0. The molecule has 0 aliphatic rings. The standard InChI is InChI=1S/C24H19F3O/c1-3-17-11-12-19(24(27)23(17)26)10-7-16-5-8-18(9-6-16)20-13-14-22(28-4-2)21(25)15-20/h5-6,8-9,11-15H,3-4H2,1-2H3. The van der Waals surface area contributed by atoms with Gasteiger partial charge in [-0.1, -0.05) is 43.0 Å². The highest BCUT2D eigenvalue weighted by Gasteiger charge is 2.10. The van der Waals surface area contributed by atoms with E-state index in [4.69, 9.17) is 4.74 Å². The summed E-state index contributed by atoms with van der Waals surface area (Å²) in [7, 11) is 0. The van der Waals surface area contributed by atoms with Crippen molar-refractivity contribution < 1.29 is 17.9 Å². The van der Waals surface area contributed by atoms with Crippen LogP contribution in [0.15, 0.2) is 54.6 Å². The van der Waals surface area contributed by atoms with Gasteiger partial charge in [-0.3, -0.25) is 0 Å². The molecule has 0 saturated carbocycles. The molecule has 0 radical (unpaired) electrons. The number of ether oxygens (including phenoxy) is 1. The number of hydrogen-bond donors (Lipinski definition) is 0. The second-order valence-corrected chi connectivity index (χ2v) is 6.16. The number of hydrogen-bond acceptors (Lipinski definition) is 1. The van der Waals surface area contributed by atoms with E-state index in [-0.39, 0.29) is 11.3 Å². The van der Waals surface area contributed by atoms with Crippen molar-refractivity contribution in [2.45, 2.75) is 20.3 Å². The van der Waals surface area contributed by atoms with E-state index in [0.717, 1.165) is 5.56 Å². The first-order chi connectivity index (χ1) is 13.5. The second kappa shape index (κ2) is 8.67. The molecule has 3 rings (SSSR count). The molecular weight excluding hydrogens is 361 g/mol. The molecule has 0 aromatic heterocycles. The van der Waals surface area contributed by atoms with Crippen LogP contribution < -0.4 is 4.74 Å².